The van der Waals surface area contributed by atoms with Crippen LogP contribution in [0.15, 0.2) is 42.5 Å². The summed E-state index contributed by atoms with van der Waals surface area (Å²) < 4.78 is 10.5. The van der Waals surface area contributed by atoms with Crippen molar-refractivity contribution in [1.82, 2.24) is 5.32 Å². The fourth-order valence-corrected chi connectivity index (χ4v) is 2.48. The summed E-state index contributed by atoms with van der Waals surface area (Å²) in [4.78, 5) is 11.9. The summed E-state index contributed by atoms with van der Waals surface area (Å²) in [6.07, 6.45) is 3.17. The summed E-state index contributed by atoms with van der Waals surface area (Å²) in [5.41, 5.74) is 3.04. The average Bonchev–Trinajstić information content (AvgIpc) is 3.01. The van der Waals surface area contributed by atoms with Crippen molar-refractivity contribution in [1.29, 1.82) is 0 Å². The van der Waals surface area contributed by atoms with Crippen LogP contribution in [0.25, 0.3) is 6.08 Å². The van der Waals surface area contributed by atoms with Crippen molar-refractivity contribution in [3.8, 4) is 11.5 Å². The highest BCUT2D eigenvalue weighted by Crippen LogP contribution is 2.40. The maximum Gasteiger partial charge on any atom is 0.244 e. The normalized spacial score (nSPS) is 12.6. The molecule has 3 rings (SSSR count). The lowest BCUT2D eigenvalue weighted by Crippen LogP contribution is -2.20. The van der Waals surface area contributed by atoms with Gasteiger partial charge in [-0.3, -0.25) is 4.79 Å². The second-order valence-electron chi connectivity index (χ2n) is 5.27. The number of hydrogen-bond acceptors (Lipinski definition) is 3. The SMILES string of the molecule is Cc1ccc(CNC(=O)/C=C/c2cc(Cl)c3c(c2)OCO3)cc1. The lowest BCUT2D eigenvalue weighted by Gasteiger charge is -2.03. The van der Waals surface area contributed by atoms with Gasteiger partial charge in [-0.15, -0.1) is 0 Å². The van der Waals surface area contributed by atoms with Crippen molar-refractivity contribution in [2.75, 3.05) is 6.79 Å². The van der Waals surface area contributed by atoms with E-state index in [1.807, 2.05) is 31.2 Å². The molecule has 1 heterocycles. The molecular formula is C18H16ClNO3. The summed E-state index contributed by atoms with van der Waals surface area (Å²) in [5, 5.41) is 3.31. The number of carbonyl (C=O) groups is 1. The molecule has 0 atom stereocenters. The zero-order valence-corrected chi connectivity index (χ0v) is 13.4. The van der Waals surface area contributed by atoms with Gasteiger partial charge in [0.1, 0.15) is 0 Å². The van der Waals surface area contributed by atoms with E-state index in [0.717, 1.165) is 11.1 Å². The molecule has 4 nitrogen and oxygen atoms in total. The van der Waals surface area contributed by atoms with Gasteiger partial charge in [-0.2, -0.15) is 0 Å². The Morgan fingerprint density at radius 1 is 1.26 bits per heavy atom. The molecule has 0 spiro atoms. The maximum atomic E-state index is 11.9. The number of carbonyl (C=O) groups excluding carboxylic acids is 1. The first-order valence-electron chi connectivity index (χ1n) is 7.22. The molecule has 0 radical (unpaired) electrons. The van der Waals surface area contributed by atoms with E-state index in [9.17, 15) is 4.79 Å². The second-order valence-corrected chi connectivity index (χ2v) is 5.68. The number of nitrogens with one attached hydrogen (secondary N) is 1. The smallest absolute Gasteiger partial charge is 0.244 e. The fourth-order valence-electron chi connectivity index (χ4n) is 2.21. The monoisotopic (exact) mass is 329 g/mol. The van der Waals surface area contributed by atoms with E-state index in [-0.39, 0.29) is 12.7 Å². The predicted octanol–water partition coefficient (Wildman–Crippen LogP) is 3.71. The van der Waals surface area contributed by atoms with Gasteiger partial charge >= 0.3 is 0 Å². The molecular weight excluding hydrogens is 314 g/mol. The van der Waals surface area contributed by atoms with Crippen LogP contribution in [0.5, 0.6) is 11.5 Å². The number of halogens is 1. The minimum atomic E-state index is -0.167. The first kappa shape index (κ1) is 15.4. The van der Waals surface area contributed by atoms with Gasteiger partial charge in [0.2, 0.25) is 12.7 Å². The van der Waals surface area contributed by atoms with Crippen LogP contribution in [0.1, 0.15) is 16.7 Å². The fraction of sp³-hybridized carbons (Fsp3) is 0.167. The molecule has 2 aromatic carbocycles. The summed E-state index contributed by atoms with van der Waals surface area (Å²) in [6.45, 7) is 2.69. The van der Waals surface area contributed by atoms with Crippen molar-refractivity contribution in [3.05, 3.63) is 64.2 Å². The molecule has 0 aliphatic carbocycles. The topological polar surface area (TPSA) is 47.6 Å². The number of aryl methyl sites for hydroxylation is 1. The van der Waals surface area contributed by atoms with Gasteiger partial charge in [-0.05, 0) is 36.3 Å². The summed E-state index contributed by atoms with van der Waals surface area (Å²) in [7, 11) is 0. The average molecular weight is 330 g/mol. The largest absolute Gasteiger partial charge is 0.454 e. The zero-order valence-electron chi connectivity index (χ0n) is 12.6. The quantitative estimate of drug-likeness (QED) is 0.870. The van der Waals surface area contributed by atoms with Crippen LogP contribution < -0.4 is 14.8 Å². The van der Waals surface area contributed by atoms with Crippen LogP contribution in [0.2, 0.25) is 5.02 Å². The highest BCUT2D eigenvalue weighted by Gasteiger charge is 2.17. The van der Waals surface area contributed by atoms with Crippen LogP contribution in [-0.4, -0.2) is 12.7 Å². The van der Waals surface area contributed by atoms with E-state index in [2.05, 4.69) is 5.32 Å². The number of rotatable bonds is 4. The number of ether oxygens (including phenoxy) is 2. The molecule has 1 N–H and O–H groups in total. The molecule has 118 valence electrons. The van der Waals surface area contributed by atoms with E-state index in [0.29, 0.717) is 23.1 Å². The molecule has 1 aliphatic rings. The minimum Gasteiger partial charge on any atom is -0.454 e. The van der Waals surface area contributed by atoms with Crippen molar-refractivity contribution in [3.63, 3.8) is 0 Å². The summed E-state index contributed by atoms with van der Waals surface area (Å²) >= 11 is 6.10. The minimum absolute atomic E-state index is 0.166. The number of hydrogen-bond donors (Lipinski definition) is 1. The molecule has 1 aliphatic heterocycles. The van der Waals surface area contributed by atoms with E-state index in [1.54, 1.807) is 18.2 Å². The van der Waals surface area contributed by atoms with Crippen LogP contribution in [0.3, 0.4) is 0 Å². The summed E-state index contributed by atoms with van der Waals surface area (Å²) in [6, 6.07) is 11.6. The number of amides is 1. The van der Waals surface area contributed by atoms with Gasteiger partial charge in [0.05, 0.1) is 5.02 Å². The maximum absolute atomic E-state index is 11.9. The van der Waals surface area contributed by atoms with Crippen LogP contribution in [-0.2, 0) is 11.3 Å². The highest BCUT2D eigenvalue weighted by atomic mass is 35.5. The lowest BCUT2D eigenvalue weighted by molar-refractivity contribution is -0.116. The molecule has 0 bridgehead atoms. The molecule has 0 saturated heterocycles. The highest BCUT2D eigenvalue weighted by molar-refractivity contribution is 6.32. The van der Waals surface area contributed by atoms with Gasteiger partial charge in [0.15, 0.2) is 11.5 Å². The molecule has 23 heavy (non-hydrogen) atoms. The molecule has 1 amide bonds. The van der Waals surface area contributed by atoms with Gasteiger partial charge in [-0.1, -0.05) is 41.4 Å². The van der Waals surface area contributed by atoms with Crippen LogP contribution in [0.4, 0.5) is 0 Å². The van der Waals surface area contributed by atoms with Crippen molar-refractivity contribution < 1.29 is 14.3 Å². The van der Waals surface area contributed by atoms with E-state index >= 15 is 0 Å². The zero-order chi connectivity index (χ0) is 16.2. The summed E-state index contributed by atoms with van der Waals surface area (Å²) in [5.74, 6) is 0.976. The van der Waals surface area contributed by atoms with Crippen LogP contribution >= 0.6 is 11.6 Å². The molecule has 0 unspecified atom stereocenters. The van der Waals surface area contributed by atoms with Gasteiger partial charge in [0.25, 0.3) is 0 Å². The van der Waals surface area contributed by atoms with Gasteiger partial charge < -0.3 is 14.8 Å². The van der Waals surface area contributed by atoms with Crippen molar-refractivity contribution in [2.24, 2.45) is 0 Å². The molecule has 2 aromatic rings. The Morgan fingerprint density at radius 2 is 2.04 bits per heavy atom. The Balaban J connectivity index is 1.60. The van der Waals surface area contributed by atoms with Gasteiger partial charge in [0, 0.05) is 12.6 Å². The van der Waals surface area contributed by atoms with Crippen molar-refractivity contribution >= 4 is 23.6 Å². The van der Waals surface area contributed by atoms with Crippen LogP contribution in [0, 0.1) is 6.92 Å². The van der Waals surface area contributed by atoms with Gasteiger partial charge in [-0.25, -0.2) is 0 Å². The molecule has 0 fully saturated rings. The second kappa shape index (κ2) is 6.75. The standard InChI is InChI=1S/C18H16ClNO3/c1-12-2-4-13(5-3-12)10-20-17(21)7-6-14-8-15(19)18-16(9-14)22-11-23-18/h2-9H,10-11H2,1H3,(H,20,21)/b7-6+. The third-order valence-corrected chi connectivity index (χ3v) is 3.74. The predicted molar refractivity (Wildman–Crippen MR) is 89.6 cm³/mol. The Morgan fingerprint density at radius 3 is 2.83 bits per heavy atom. The lowest BCUT2D eigenvalue weighted by atomic mass is 10.1. The Hall–Kier alpha value is -2.46. The number of fused-ring (bicyclic) bond motifs is 1. The van der Waals surface area contributed by atoms with E-state index < -0.39 is 0 Å². The first-order chi connectivity index (χ1) is 11.1. The Bertz CT molecular complexity index is 754. The van der Waals surface area contributed by atoms with E-state index in [1.165, 1.54) is 11.6 Å². The third kappa shape index (κ3) is 3.85. The van der Waals surface area contributed by atoms with Crippen molar-refractivity contribution in [2.45, 2.75) is 13.5 Å². The third-order valence-electron chi connectivity index (χ3n) is 3.46. The Labute approximate surface area is 139 Å². The first-order valence-corrected chi connectivity index (χ1v) is 7.60. The molecule has 0 saturated carbocycles. The molecule has 0 aromatic heterocycles. The van der Waals surface area contributed by atoms with E-state index in [4.69, 9.17) is 21.1 Å². The number of benzene rings is 2. The molecule has 5 heteroatoms. The Kier molecular flexibility index (Phi) is 4.53.